The maximum atomic E-state index is 10.00. The molecule has 0 aliphatic rings. The molecule has 1 rings (SSSR count). The van der Waals surface area contributed by atoms with Gasteiger partial charge in [-0.15, -0.1) is 11.8 Å². The maximum Gasteiger partial charge on any atom is 0.299 e. The number of rotatable bonds is 3. The normalized spacial score (nSPS) is 9.69. The van der Waals surface area contributed by atoms with Crippen LogP contribution in [0.4, 0.5) is 5.82 Å². The van der Waals surface area contributed by atoms with Gasteiger partial charge >= 0.3 is 0 Å². The highest BCUT2D eigenvalue weighted by atomic mass is 35.5. The molecule has 0 bridgehead atoms. The first-order chi connectivity index (χ1) is 6.19. The molecule has 70 valence electrons. The van der Waals surface area contributed by atoms with Crippen molar-refractivity contribution in [2.24, 2.45) is 0 Å². The minimum absolute atomic E-state index is 0.0425. The van der Waals surface area contributed by atoms with Gasteiger partial charge < -0.3 is 10.5 Å². The molecule has 0 amide bonds. The molecule has 0 radical (unpaired) electrons. The lowest BCUT2D eigenvalue weighted by Gasteiger charge is -2.03. The van der Waals surface area contributed by atoms with Gasteiger partial charge in [0, 0.05) is 0 Å². The number of nitrogen functional groups attached to an aromatic ring is 1. The van der Waals surface area contributed by atoms with Crippen molar-refractivity contribution in [2.75, 3.05) is 12.0 Å². The summed E-state index contributed by atoms with van der Waals surface area (Å²) in [6.45, 7) is 0.218. The second-order valence-electron chi connectivity index (χ2n) is 1.93. The van der Waals surface area contributed by atoms with Crippen LogP contribution in [0.3, 0.4) is 0 Å². The number of carbonyl (C=O) groups excluding carboxylic acids is 1. The van der Waals surface area contributed by atoms with Gasteiger partial charge in [0.05, 0.1) is 0 Å². The van der Waals surface area contributed by atoms with Crippen molar-refractivity contribution in [3.63, 3.8) is 0 Å². The van der Waals surface area contributed by atoms with E-state index >= 15 is 0 Å². The van der Waals surface area contributed by atoms with Crippen LogP contribution in [0.5, 0.6) is 5.88 Å². The molecule has 1 heterocycles. The van der Waals surface area contributed by atoms with Crippen LogP contribution in [0, 0.1) is 0 Å². The van der Waals surface area contributed by atoms with Crippen molar-refractivity contribution >= 4 is 35.7 Å². The fourth-order valence-electron chi connectivity index (χ4n) is 0.660. The molecule has 0 saturated carbocycles. The Labute approximate surface area is 83.6 Å². The summed E-state index contributed by atoms with van der Waals surface area (Å²) < 4.78 is 4.44. The number of hydrogen-bond donors (Lipinski definition) is 1. The quantitative estimate of drug-likeness (QED) is 0.603. The number of halogens is 1. The van der Waals surface area contributed by atoms with Gasteiger partial charge in [0.2, 0.25) is 0 Å². The number of carbonyl (C=O) groups is 1. The average molecular weight is 220 g/mol. The van der Waals surface area contributed by atoms with Gasteiger partial charge in [0.15, 0.2) is 11.0 Å². The van der Waals surface area contributed by atoms with Crippen molar-refractivity contribution in [2.45, 2.75) is 5.03 Å². The molecule has 0 spiro atoms. The Morgan fingerprint density at radius 2 is 2.31 bits per heavy atom. The first-order valence-electron chi connectivity index (χ1n) is 3.16. The molecule has 0 aliphatic carbocycles. The van der Waals surface area contributed by atoms with Crippen molar-refractivity contribution in [3.8, 4) is 5.88 Å². The van der Waals surface area contributed by atoms with E-state index < -0.39 is 0 Å². The molecule has 7 heteroatoms. The van der Waals surface area contributed by atoms with Gasteiger partial charge in [-0.25, -0.2) is 4.98 Å². The zero-order valence-electron chi connectivity index (χ0n) is 6.65. The summed E-state index contributed by atoms with van der Waals surface area (Å²) in [4.78, 5) is 17.6. The minimum Gasteiger partial charge on any atom is -0.406 e. The minimum atomic E-state index is -0.0715. The van der Waals surface area contributed by atoms with E-state index in [1.54, 1.807) is 6.26 Å². The topological polar surface area (TPSA) is 78.1 Å². The van der Waals surface area contributed by atoms with E-state index in [2.05, 4.69) is 14.7 Å². The van der Waals surface area contributed by atoms with E-state index in [0.29, 0.717) is 5.03 Å². The van der Waals surface area contributed by atoms with Crippen molar-refractivity contribution in [1.82, 2.24) is 9.97 Å². The van der Waals surface area contributed by atoms with Crippen LogP contribution < -0.4 is 10.5 Å². The Balaban J connectivity index is 3.12. The fourth-order valence-corrected chi connectivity index (χ4v) is 1.41. The zero-order valence-corrected chi connectivity index (χ0v) is 8.22. The summed E-state index contributed by atoms with van der Waals surface area (Å²) in [6.07, 6.45) is 1.79. The largest absolute Gasteiger partial charge is 0.406 e. The first kappa shape index (κ1) is 10.1. The monoisotopic (exact) mass is 219 g/mol. The van der Waals surface area contributed by atoms with Gasteiger partial charge in [-0.2, -0.15) is 4.98 Å². The molecule has 2 N–H and O–H groups in total. The van der Waals surface area contributed by atoms with Gasteiger partial charge in [-0.1, -0.05) is 11.6 Å². The number of ether oxygens (including phenoxy) is 1. The van der Waals surface area contributed by atoms with Crippen LogP contribution in [-0.4, -0.2) is 22.7 Å². The SMILES string of the molecule is CSc1nc(N)c(OC=O)nc1Cl. The van der Waals surface area contributed by atoms with E-state index in [1.165, 1.54) is 11.8 Å². The number of nitrogens with zero attached hydrogens (tertiary/aromatic N) is 2. The molecule has 1 aromatic rings. The van der Waals surface area contributed by atoms with Crippen molar-refractivity contribution in [3.05, 3.63) is 5.15 Å². The smallest absolute Gasteiger partial charge is 0.299 e. The Bertz CT molecular complexity index is 334. The van der Waals surface area contributed by atoms with Crippen LogP contribution in [0.25, 0.3) is 0 Å². The number of thioether (sulfide) groups is 1. The lowest BCUT2D eigenvalue weighted by atomic mass is 10.6. The third-order valence-corrected chi connectivity index (χ3v) is 2.22. The highest BCUT2D eigenvalue weighted by Crippen LogP contribution is 2.26. The Kier molecular flexibility index (Phi) is 3.32. The van der Waals surface area contributed by atoms with Crippen molar-refractivity contribution < 1.29 is 9.53 Å². The predicted octanol–water partition coefficient (Wildman–Crippen LogP) is 0.969. The van der Waals surface area contributed by atoms with Crippen LogP contribution in [0.15, 0.2) is 5.03 Å². The number of anilines is 1. The Morgan fingerprint density at radius 3 is 2.85 bits per heavy atom. The van der Waals surface area contributed by atoms with Gasteiger partial charge in [0.25, 0.3) is 12.4 Å². The van der Waals surface area contributed by atoms with E-state index in [4.69, 9.17) is 17.3 Å². The molecule has 13 heavy (non-hydrogen) atoms. The van der Waals surface area contributed by atoms with Gasteiger partial charge in [-0.05, 0) is 6.26 Å². The standard InChI is InChI=1S/C6H6ClN3O2S/c1-13-6-3(7)9-5(12-2-11)4(8)10-6/h2H,1H3,(H2,8,10). The lowest BCUT2D eigenvalue weighted by molar-refractivity contribution is -0.120. The average Bonchev–Trinajstić information content (AvgIpc) is 2.11. The highest BCUT2D eigenvalue weighted by molar-refractivity contribution is 7.98. The second-order valence-corrected chi connectivity index (χ2v) is 3.08. The maximum absolute atomic E-state index is 10.00. The molecule has 0 saturated heterocycles. The third kappa shape index (κ3) is 2.22. The Hall–Kier alpha value is -1.01. The highest BCUT2D eigenvalue weighted by Gasteiger charge is 2.10. The number of aromatic nitrogens is 2. The molecular formula is C6H6ClN3O2S. The summed E-state index contributed by atoms with van der Waals surface area (Å²) in [5, 5.41) is 0.663. The van der Waals surface area contributed by atoms with Crippen LogP contribution in [-0.2, 0) is 4.79 Å². The van der Waals surface area contributed by atoms with E-state index in [0.717, 1.165) is 0 Å². The summed E-state index contributed by atoms with van der Waals surface area (Å²) in [5.41, 5.74) is 5.42. The molecule has 1 aromatic heterocycles. The molecule has 0 aliphatic heterocycles. The van der Waals surface area contributed by atoms with Crippen molar-refractivity contribution in [1.29, 1.82) is 0 Å². The predicted molar refractivity (Wildman–Crippen MR) is 49.9 cm³/mol. The molecule has 0 aromatic carbocycles. The fraction of sp³-hybridized carbons (Fsp3) is 0.167. The second kappa shape index (κ2) is 4.29. The lowest BCUT2D eigenvalue weighted by Crippen LogP contribution is -2.02. The van der Waals surface area contributed by atoms with Gasteiger partial charge in [-0.3, -0.25) is 4.79 Å². The first-order valence-corrected chi connectivity index (χ1v) is 4.76. The van der Waals surface area contributed by atoms with Crippen LogP contribution in [0.2, 0.25) is 5.15 Å². The molecular weight excluding hydrogens is 214 g/mol. The van der Waals surface area contributed by atoms with E-state index in [-0.39, 0.29) is 23.3 Å². The van der Waals surface area contributed by atoms with Crippen LogP contribution in [0.1, 0.15) is 0 Å². The number of hydrogen-bond acceptors (Lipinski definition) is 6. The molecule has 5 nitrogen and oxygen atoms in total. The summed E-state index contributed by atoms with van der Waals surface area (Å²) in [7, 11) is 0. The number of nitrogens with two attached hydrogens (primary N) is 1. The molecule has 0 atom stereocenters. The summed E-state index contributed by atoms with van der Waals surface area (Å²) in [6, 6.07) is 0. The molecule has 0 fully saturated rings. The third-order valence-electron chi connectivity index (χ3n) is 1.17. The van der Waals surface area contributed by atoms with Gasteiger partial charge in [0.1, 0.15) is 5.03 Å². The van der Waals surface area contributed by atoms with E-state index in [1.807, 2.05) is 0 Å². The van der Waals surface area contributed by atoms with E-state index in [9.17, 15) is 4.79 Å². The zero-order chi connectivity index (χ0) is 9.84. The Morgan fingerprint density at radius 1 is 1.62 bits per heavy atom. The summed E-state index contributed by atoms with van der Waals surface area (Å²) >= 11 is 7.00. The summed E-state index contributed by atoms with van der Waals surface area (Å²) in [5.74, 6) is -0.0290. The van der Waals surface area contributed by atoms with Crippen LogP contribution >= 0.6 is 23.4 Å². The molecule has 0 unspecified atom stereocenters.